The van der Waals surface area contributed by atoms with Crippen LogP contribution in [0.4, 0.5) is 4.79 Å². The van der Waals surface area contributed by atoms with Gasteiger partial charge in [-0.1, -0.05) is 78.9 Å². The summed E-state index contributed by atoms with van der Waals surface area (Å²) in [5.74, 6) is 0.534. The largest absolute Gasteiger partial charge is 0.444 e. The lowest BCUT2D eigenvalue weighted by Gasteiger charge is -2.24. The average molecular weight is 521 g/mol. The Morgan fingerprint density at radius 3 is 2.33 bits per heavy atom. The quantitative estimate of drug-likeness (QED) is 0.222. The summed E-state index contributed by atoms with van der Waals surface area (Å²) in [6.07, 6.45) is 3.74. The number of ketones is 1. The molecule has 0 aliphatic carbocycles. The molecule has 5 rings (SSSR count). The number of nitrogens with zero attached hydrogens (tertiary/aromatic N) is 2. The Kier molecular flexibility index (Phi) is 7.32. The lowest BCUT2D eigenvalue weighted by atomic mass is 10.0. The molecule has 39 heavy (non-hydrogen) atoms. The summed E-state index contributed by atoms with van der Waals surface area (Å²) in [5.41, 5.74) is 3.64. The second-order valence-electron chi connectivity index (χ2n) is 10.5. The molecule has 1 atom stereocenters. The molecule has 2 heterocycles. The Bertz CT molecular complexity index is 1580. The van der Waals surface area contributed by atoms with Gasteiger partial charge in [0, 0.05) is 40.8 Å². The first-order valence-electron chi connectivity index (χ1n) is 13.0. The Labute approximate surface area is 227 Å². The third-order valence-electron chi connectivity index (χ3n) is 6.39. The van der Waals surface area contributed by atoms with Crippen molar-refractivity contribution in [2.75, 3.05) is 0 Å². The van der Waals surface area contributed by atoms with Gasteiger partial charge in [0.05, 0.1) is 18.3 Å². The van der Waals surface area contributed by atoms with E-state index in [0.29, 0.717) is 17.8 Å². The Balaban J connectivity index is 1.56. The molecule has 0 unspecified atom stereocenters. The highest BCUT2D eigenvalue weighted by atomic mass is 16.6. The molecule has 5 aromatic rings. The number of imidazole rings is 1. The number of hydrogen-bond acceptors (Lipinski definition) is 4. The van der Waals surface area contributed by atoms with E-state index in [4.69, 9.17) is 9.72 Å². The minimum atomic E-state index is -0.663. The number of ether oxygens (including phenoxy) is 1. The van der Waals surface area contributed by atoms with Crippen LogP contribution in [0.5, 0.6) is 0 Å². The number of hydrogen-bond donors (Lipinski definition) is 2. The predicted octanol–water partition coefficient (Wildman–Crippen LogP) is 6.72. The van der Waals surface area contributed by atoms with Crippen molar-refractivity contribution in [1.29, 1.82) is 0 Å². The van der Waals surface area contributed by atoms with Crippen LogP contribution in [0.15, 0.2) is 97.3 Å². The standard InChI is InChI=1S/C32H32N4O3/c1-32(2,3)39-31(38)35-27(18-24-19-33-26-17-11-10-16-25(24)26)30-34-28(22-12-6-4-7-13-22)20-36(30)21-29(37)23-14-8-5-9-15-23/h4-17,19-20,27,33H,18,21H2,1-3H3,(H,35,38)/t27-/m0/s1. The summed E-state index contributed by atoms with van der Waals surface area (Å²) in [6, 6.07) is 26.5. The number of alkyl carbamates (subject to hydrolysis) is 1. The van der Waals surface area contributed by atoms with Crippen molar-refractivity contribution in [3.8, 4) is 11.3 Å². The molecular formula is C32H32N4O3. The van der Waals surface area contributed by atoms with Crippen molar-refractivity contribution in [3.63, 3.8) is 0 Å². The van der Waals surface area contributed by atoms with E-state index in [1.807, 2.05) is 111 Å². The first-order chi connectivity index (χ1) is 18.8. The van der Waals surface area contributed by atoms with Crippen LogP contribution < -0.4 is 5.32 Å². The van der Waals surface area contributed by atoms with Gasteiger partial charge in [0.1, 0.15) is 11.4 Å². The van der Waals surface area contributed by atoms with E-state index in [2.05, 4.69) is 10.3 Å². The first kappa shape index (κ1) is 26.0. The molecule has 3 aromatic carbocycles. The van der Waals surface area contributed by atoms with Gasteiger partial charge in [-0.15, -0.1) is 0 Å². The molecule has 0 saturated carbocycles. The number of rotatable bonds is 8. The van der Waals surface area contributed by atoms with Crippen LogP contribution in [-0.2, 0) is 17.7 Å². The zero-order chi connectivity index (χ0) is 27.4. The van der Waals surface area contributed by atoms with Crippen LogP contribution in [0, 0.1) is 0 Å². The second-order valence-corrected chi connectivity index (χ2v) is 10.5. The number of Topliss-reactive ketones (excluding diaryl/α,β-unsaturated/α-hetero) is 1. The SMILES string of the molecule is CC(C)(C)OC(=O)N[C@@H](Cc1c[nH]c2ccccc12)c1nc(-c2ccccc2)cn1CC(=O)c1ccccc1. The molecule has 2 aromatic heterocycles. The highest BCUT2D eigenvalue weighted by Gasteiger charge is 2.27. The summed E-state index contributed by atoms with van der Waals surface area (Å²) in [5, 5.41) is 4.11. The van der Waals surface area contributed by atoms with Gasteiger partial charge >= 0.3 is 6.09 Å². The van der Waals surface area contributed by atoms with E-state index in [1.165, 1.54) is 0 Å². The molecule has 2 N–H and O–H groups in total. The normalized spacial score (nSPS) is 12.3. The highest BCUT2D eigenvalue weighted by Crippen LogP contribution is 2.28. The van der Waals surface area contributed by atoms with Gasteiger partial charge in [-0.2, -0.15) is 0 Å². The number of nitrogens with one attached hydrogen (secondary N) is 2. The number of aromatic amines is 1. The molecule has 0 aliphatic heterocycles. The summed E-state index contributed by atoms with van der Waals surface area (Å²) in [6.45, 7) is 5.57. The van der Waals surface area contributed by atoms with Crippen molar-refractivity contribution in [1.82, 2.24) is 19.9 Å². The number of H-pyrrole nitrogens is 1. The Morgan fingerprint density at radius 1 is 0.949 bits per heavy atom. The topological polar surface area (TPSA) is 89.0 Å². The fraction of sp³-hybridized carbons (Fsp3) is 0.219. The van der Waals surface area contributed by atoms with E-state index >= 15 is 0 Å². The van der Waals surface area contributed by atoms with Gasteiger partial charge in [-0.3, -0.25) is 4.79 Å². The van der Waals surface area contributed by atoms with Crippen molar-refractivity contribution in [2.45, 2.75) is 45.4 Å². The summed E-state index contributed by atoms with van der Waals surface area (Å²) >= 11 is 0. The maximum Gasteiger partial charge on any atom is 0.408 e. The Morgan fingerprint density at radius 2 is 1.62 bits per heavy atom. The fourth-order valence-corrected chi connectivity index (χ4v) is 4.63. The van der Waals surface area contributed by atoms with Crippen molar-refractivity contribution in [3.05, 3.63) is 114 Å². The molecule has 198 valence electrons. The molecule has 1 amide bonds. The van der Waals surface area contributed by atoms with E-state index in [0.717, 1.165) is 27.7 Å². The van der Waals surface area contributed by atoms with Crippen LogP contribution in [-0.4, -0.2) is 32.0 Å². The van der Waals surface area contributed by atoms with E-state index < -0.39 is 17.7 Å². The third kappa shape index (κ3) is 6.26. The van der Waals surface area contributed by atoms with Gasteiger partial charge in [0.15, 0.2) is 5.78 Å². The van der Waals surface area contributed by atoms with Crippen molar-refractivity contribution >= 4 is 22.8 Å². The average Bonchev–Trinajstić information content (AvgIpc) is 3.53. The molecule has 7 nitrogen and oxygen atoms in total. The molecular weight excluding hydrogens is 488 g/mol. The van der Waals surface area contributed by atoms with Gasteiger partial charge in [0.25, 0.3) is 0 Å². The molecule has 0 fully saturated rings. The molecule has 0 spiro atoms. The maximum atomic E-state index is 13.3. The van der Waals surface area contributed by atoms with Crippen LogP contribution in [0.25, 0.3) is 22.2 Å². The molecule has 0 bridgehead atoms. The van der Waals surface area contributed by atoms with E-state index in [1.54, 1.807) is 12.1 Å². The number of carbonyl (C=O) groups excluding carboxylic acids is 2. The second kappa shape index (κ2) is 11.0. The molecule has 0 aliphatic rings. The number of carbonyl (C=O) groups is 2. The van der Waals surface area contributed by atoms with Crippen LogP contribution in [0.2, 0.25) is 0 Å². The monoisotopic (exact) mass is 520 g/mol. The zero-order valence-corrected chi connectivity index (χ0v) is 22.3. The van der Waals surface area contributed by atoms with Crippen LogP contribution >= 0.6 is 0 Å². The highest BCUT2D eigenvalue weighted by molar-refractivity contribution is 5.96. The number of para-hydroxylation sites is 1. The fourth-order valence-electron chi connectivity index (χ4n) is 4.63. The molecule has 7 heteroatoms. The summed E-state index contributed by atoms with van der Waals surface area (Å²) < 4.78 is 7.46. The number of fused-ring (bicyclic) bond motifs is 1. The Hall–Kier alpha value is -4.65. The van der Waals surface area contributed by atoms with E-state index in [9.17, 15) is 9.59 Å². The third-order valence-corrected chi connectivity index (χ3v) is 6.39. The minimum Gasteiger partial charge on any atom is -0.444 e. The summed E-state index contributed by atoms with van der Waals surface area (Å²) in [4.78, 5) is 34.6. The van der Waals surface area contributed by atoms with Crippen LogP contribution in [0.1, 0.15) is 48.6 Å². The zero-order valence-electron chi connectivity index (χ0n) is 22.3. The van der Waals surface area contributed by atoms with Crippen molar-refractivity contribution in [2.24, 2.45) is 0 Å². The van der Waals surface area contributed by atoms with Gasteiger partial charge < -0.3 is 19.6 Å². The maximum absolute atomic E-state index is 13.3. The molecule has 0 radical (unpaired) electrons. The van der Waals surface area contributed by atoms with Crippen molar-refractivity contribution < 1.29 is 14.3 Å². The minimum absolute atomic E-state index is 0.0445. The molecule has 0 saturated heterocycles. The number of benzene rings is 3. The lowest BCUT2D eigenvalue weighted by Crippen LogP contribution is -2.37. The number of amides is 1. The van der Waals surface area contributed by atoms with Crippen LogP contribution in [0.3, 0.4) is 0 Å². The smallest absolute Gasteiger partial charge is 0.408 e. The predicted molar refractivity (Wildman–Crippen MR) is 153 cm³/mol. The summed E-state index contributed by atoms with van der Waals surface area (Å²) in [7, 11) is 0. The number of aromatic nitrogens is 3. The van der Waals surface area contributed by atoms with Gasteiger partial charge in [-0.25, -0.2) is 9.78 Å². The first-order valence-corrected chi connectivity index (χ1v) is 13.0. The van der Waals surface area contributed by atoms with Gasteiger partial charge in [0.2, 0.25) is 0 Å². The van der Waals surface area contributed by atoms with E-state index in [-0.39, 0.29) is 12.3 Å². The van der Waals surface area contributed by atoms with Gasteiger partial charge in [-0.05, 0) is 32.4 Å². The lowest BCUT2D eigenvalue weighted by molar-refractivity contribution is 0.0500.